The average Bonchev–Trinajstić information content (AvgIpc) is 3.60. The Morgan fingerprint density at radius 3 is 2.16 bits per heavy atom. The Hall–Kier alpha value is -3.21. The highest BCUT2D eigenvalue weighted by Crippen LogP contribution is 2.65. The molecule has 5 aliphatic rings. The molecule has 0 aromatic heterocycles. The summed E-state index contributed by atoms with van der Waals surface area (Å²) >= 11 is 0. The maximum absolute atomic E-state index is 13.6. The van der Waals surface area contributed by atoms with E-state index in [4.69, 9.17) is 0 Å². The molecule has 2 bridgehead atoms. The highest BCUT2D eigenvalue weighted by atomic mass is 16.2. The number of nitrogens with zero attached hydrogens (tertiary/aromatic N) is 2. The molecule has 162 valence electrons. The minimum atomic E-state index is -0.256. The van der Waals surface area contributed by atoms with Gasteiger partial charge in [-0.05, 0) is 73.3 Å². The summed E-state index contributed by atoms with van der Waals surface area (Å²) < 4.78 is 0. The molecule has 1 heterocycles. The Labute approximate surface area is 187 Å². The van der Waals surface area contributed by atoms with Crippen LogP contribution in [0.5, 0.6) is 0 Å². The number of hydrogen-bond donors (Lipinski definition) is 0. The Bertz CT molecular complexity index is 1130. The first kappa shape index (κ1) is 19.5. The monoisotopic (exact) mass is 426 g/mol. The summed E-state index contributed by atoms with van der Waals surface area (Å²) in [6, 6.07) is 14.9. The van der Waals surface area contributed by atoms with Gasteiger partial charge in [0.15, 0.2) is 0 Å². The number of anilines is 1. The van der Waals surface area contributed by atoms with Crippen molar-refractivity contribution in [2.45, 2.75) is 20.3 Å². The number of rotatable bonds is 4. The fourth-order valence-corrected chi connectivity index (χ4v) is 6.31. The van der Waals surface area contributed by atoms with Crippen LogP contribution in [-0.4, -0.2) is 29.3 Å². The molecule has 5 nitrogen and oxygen atoms in total. The number of amides is 3. The maximum atomic E-state index is 13.6. The van der Waals surface area contributed by atoms with E-state index < -0.39 is 0 Å². The fraction of sp³-hybridized carbons (Fsp3) is 0.370. The van der Waals surface area contributed by atoms with Crippen molar-refractivity contribution < 1.29 is 14.4 Å². The average molecular weight is 427 g/mol. The van der Waals surface area contributed by atoms with E-state index >= 15 is 0 Å². The third-order valence-corrected chi connectivity index (χ3v) is 8.17. The number of carbonyl (C=O) groups excluding carboxylic acids is 3. The summed E-state index contributed by atoms with van der Waals surface area (Å²) in [4.78, 5) is 43.6. The quantitative estimate of drug-likeness (QED) is 0.549. The van der Waals surface area contributed by atoms with Crippen LogP contribution in [0, 0.1) is 49.4 Å². The Morgan fingerprint density at radius 1 is 0.906 bits per heavy atom. The molecule has 0 radical (unpaired) electrons. The first-order valence-corrected chi connectivity index (χ1v) is 11.4. The van der Waals surface area contributed by atoms with Crippen LogP contribution in [-0.2, 0) is 9.59 Å². The van der Waals surface area contributed by atoms with Crippen LogP contribution in [0.25, 0.3) is 0 Å². The first-order valence-electron chi connectivity index (χ1n) is 11.4. The van der Waals surface area contributed by atoms with Gasteiger partial charge in [-0.1, -0.05) is 42.5 Å². The molecule has 3 fully saturated rings. The van der Waals surface area contributed by atoms with Gasteiger partial charge in [-0.25, -0.2) is 0 Å². The maximum Gasteiger partial charge on any atom is 0.259 e. The van der Waals surface area contributed by atoms with E-state index in [0.29, 0.717) is 17.4 Å². The third kappa shape index (κ3) is 2.66. The molecule has 1 saturated heterocycles. The van der Waals surface area contributed by atoms with Crippen LogP contribution in [0.1, 0.15) is 27.9 Å². The van der Waals surface area contributed by atoms with Gasteiger partial charge in [0.25, 0.3) is 5.91 Å². The number of carbonyl (C=O) groups is 3. The molecule has 0 spiro atoms. The van der Waals surface area contributed by atoms with Crippen LogP contribution in [0.2, 0.25) is 0 Å². The molecule has 0 N–H and O–H groups in total. The SMILES string of the molecule is Cc1cccc(N(CN2C(=O)[C@@H]3[C@H]4C=C[C@@H]([C@@H]5C[C@H]45)[C@H]3C2=O)C(=O)c2ccccc2)c1C. The van der Waals surface area contributed by atoms with Gasteiger partial charge in [0.05, 0.1) is 11.8 Å². The molecule has 5 heteroatoms. The topological polar surface area (TPSA) is 57.7 Å². The van der Waals surface area contributed by atoms with Gasteiger partial charge < -0.3 is 0 Å². The number of aryl methyl sites for hydroxylation is 1. The van der Waals surface area contributed by atoms with E-state index in [2.05, 4.69) is 12.2 Å². The number of imide groups is 1. The van der Waals surface area contributed by atoms with Gasteiger partial charge in [-0.15, -0.1) is 0 Å². The standard InChI is InChI=1S/C27H26N2O3/c1-15-7-6-10-22(16(15)2)28(25(30)17-8-4-3-5-9-17)14-29-26(31)23-18-11-12-19(21-13-20(18)21)24(23)27(29)32/h3-12,18-21,23-24H,13-14H2,1-2H3/t18-,19-,20-,21+,23+,24+/m0/s1. The zero-order valence-corrected chi connectivity index (χ0v) is 18.3. The normalized spacial score (nSPS) is 31.5. The van der Waals surface area contributed by atoms with Crippen molar-refractivity contribution in [3.05, 3.63) is 77.4 Å². The summed E-state index contributed by atoms with van der Waals surface area (Å²) in [5, 5.41) is 0. The Balaban J connectivity index is 1.37. The van der Waals surface area contributed by atoms with Gasteiger partial charge in [0.1, 0.15) is 6.67 Å². The second-order valence-electron chi connectivity index (χ2n) is 9.72. The van der Waals surface area contributed by atoms with E-state index in [1.165, 1.54) is 4.90 Å². The van der Waals surface area contributed by atoms with Gasteiger partial charge in [-0.3, -0.25) is 24.2 Å². The van der Waals surface area contributed by atoms with Gasteiger partial charge in [-0.2, -0.15) is 0 Å². The second-order valence-corrected chi connectivity index (χ2v) is 9.72. The minimum absolute atomic E-state index is 0.0442. The smallest absolute Gasteiger partial charge is 0.259 e. The molecular weight excluding hydrogens is 400 g/mol. The molecule has 2 aromatic rings. The predicted octanol–water partition coefficient (Wildman–Crippen LogP) is 3.96. The lowest BCUT2D eigenvalue weighted by Crippen LogP contribution is -2.45. The lowest BCUT2D eigenvalue weighted by molar-refractivity contribution is -0.140. The van der Waals surface area contributed by atoms with Gasteiger partial charge >= 0.3 is 0 Å². The van der Waals surface area contributed by atoms with Crippen molar-refractivity contribution in [1.82, 2.24) is 4.90 Å². The summed E-state index contributed by atoms with van der Waals surface area (Å²) in [6.45, 7) is 3.93. The van der Waals surface area contributed by atoms with Crippen molar-refractivity contribution in [2.75, 3.05) is 11.6 Å². The highest BCUT2D eigenvalue weighted by Gasteiger charge is 2.67. The lowest BCUT2D eigenvalue weighted by Gasteiger charge is -2.37. The van der Waals surface area contributed by atoms with Crippen molar-refractivity contribution >= 4 is 23.4 Å². The van der Waals surface area contributed by atoms with Gasteiger partial charge in [0, 0.05) is 11.3 Å². The molecular formula is C27H26N2O3. The summed E-state index contributed by atoms with van der Waals surface area (Å²) in [7, 11) is 0. The van der Waals surface area contributed by atoms with Gasteiger partial charge in [0.2, 0.25) is 11.8 Å². The zero-order chi connectivity index (χ0) is 22.1. The van der Waals surface area contributed by atoms with Crippen molar-refractivity contribution in [2.24, 2.45) is 35.5 Å². The number of likely N-dealkylation sites (tertiary alicyclic amines) is 1. The predicted molar refractivity (Wildman–Crippen MR) is 121 cm³/mol. The van der Waals surface area contributed by atoms with E-state index in [-0.39, 0.29) is 48.1 Å². The molecule has 32 heavy (non-hydrogen) atoms. The van der Waals surface area contributed by atoms with E-state index in [9.17, 15) is 14.4 Å². The van der Waals surface area contributed by atoms with Crippen molar-refractivity contribution in [1.29, 1.82) is 0 Å². The number of hydrogen-bond acceptors (Lipinski definition) is 3. The minimum Gasteiger partial charge on any atom is -0.289 e. The molecule has 3 amide bonds. The molecule has 2 saturated carbocycles. The molecule has 4 aliphatic carbocycles. The molecule has 1 aliphatic heterocycles. The molecule has 6 atom stereocenters. The van der Waals surface area contributed by atoms with E-state index in [1.54, 1.807) is 17.0 Å². The van der Waals surface area contributed by atoms with Crippen LogP contribution in [0.15, 0.2) is 60.7 Å². The number of benzene rings is 2. The summed E-state index contributed by atoms with van der Waals surface area (Å²) in [6.07, 6.45) is 5.48. The highest BCUT2D eigenvalue weighted by molar-refractivity contribution is 6.10. The molecule has 7 rings (SSSR count). The van der Waals surface area contributed by atoms with Crippen molar-refractivity contribution in [3.8, 4) is 0 Å². The summed E-state index contributed by atoms with van der Waals surface area (Å²) in [5.74, 6) is 0.529. The molecule has 2 aromatic carbocycles. The zero-order valence-electron chi connectivity index (χ0n) is 18.3. The van der Waals surface area contributed by atoms with E-state index in [1.807, 2.05) is 50.2 Å². The van der Waals surface area contributed by atoms with Crippen LogP contribution in [0.3, 0.4) is 0 Å². The second kappa shape index (κ2) is 6.89. The Kier molecular flexibility index (Phi) is 4.19. The van der Waals surface area contributed by atoms with E-state index in [0.717, 1.165) is 23.2 Å². The first-order chi connectivity index (χ1) is 15.5. The largest absolute Gasteiger partial charge is 0.289 e. The third-order valence-electron chi connectivity index (χ3n) is 8.17. The summed E-state index contributed by atoms with van der Waals surface area (Å²) in [5.41, 5.74) is 3.30. The Morgan fingerprint density at radius 2 is 1.53 bits per heavy atom. The lowest BCUT2D eigenvalue weighted by atomic mass is 9.63. The van der Waals surface area contributed by atoms with Crippen molar-refractivity contribution in [3.63, 3.8) is 0 Å². The number of allylic oxidation sites excluding steroid dienone is 2. The fourth-order valence-electron chi connectivity index (χ4n) is 6.31. The molecule has 0 unspecified atom stereocenters. The van der Waals surface area contributed by atoms with Crippen LogP contribution >= 0.6 is 0 Å². The van der Waals surface area contributed by atoms with Crippen LogP contribution < -0.4 is 4.90 Å². The van der Waals surface area contributed by atoms with Crippen LogP contribution in [0.4, 0.5) is 5.69 Å².